The summed E-state index contributed by atoms with van der Waals surface area (Å²) in [6, 6.07) is 34.5. The largest absolute Gasteiger partial charge is 0.496 e. The molecule has 0 aromatic heterocycles. The molecule has 0 fully saturated rings. The molecule has 1 N–H and O–H groups in total. The standard InChI is InChI=1S/C38H48NO2PS/c1-36(2,3)31-25-27(26-32(35(31)41-10)37(4,5)6)34(39-43(40)38(7,8)9)30-23-17-18-24-33(30)42(28-19-13-11-14-20-28)29-21-15-12-16-22-29/h11-26,34,39H,1-10H3/t34?,43-/m1/s1. The SMILES string of the molecule is COc1c(C(C)(C)C)cc(C(N[S@](=O)C(C)(C)C)c2ccccc2P(c2ccccc2)c2ccccc2)cc1C(C)(C)C. The molecule has 0 saturated heterocycles. The van der Waals surface area contributed by atoms with Crippen LogP contribution in [0.4, 0.5) is 0 Å². The van der Waals surface area contributed by atoms with Crippen LogP contribution in [0.2, 0.25) is 0 Å². The number of methoxy groups -OCH3 is 1. The molecule has 4 aromatic carbocycles. The molecule has 228 valence electrons. The lowest BCUT2D eigenvalue weighted by Crippen LogP contribution is -2.38. The maximum atomic E-state index is 13.9. The highest BCUT2D eigenvalue weighted by Gasteiger charge is 2.33. The molecule has 1 unspecified atom stereocenters. The van der Waals surface area contributed by atoms with E-state index in [2.05, 4.69) is 143 Å². The molecule has 43 heavy (non-hydrogen) atoms. The summed E-state index contributed by atoms with van der Waals surface area (Å²) in [6.07, 6.45) is 0. The topological polar surface area (TPSA) is 38.3 Å². The summed E-state index contributed by atoms with van der Waals surface area (Å²) >= 11 is 0. The predicted molar refractivity (Wildman–Crippen MR) is 188 cm³/mol. The molecule has 0 bridgehead atoms. The van der Waals surface area contributed by atoms with Crippen molar-refractivity contribution in [2.75, 3.05) is 7.11 Å². The van der Waals surface area contributed by atoms with Gasteiger partial charge in [0.1, 0.15) is 5.75 Å². The van der Waals surface area contributed by atoms with E-state index < -0.39 is 23.7 Å². The first-order chi connectivity index (χ1) is 20.1. The van der Waals surface area contributed by atoms with Crippen LogP contribution in [0.25, 0.3) is 0 Å². The van der Waals surface area contributed by atoms with Crippen LogP contribution in [0.15, 0.2) is 97.1 Å². The predicted octanol–water partition coefficient (Wildman–Crippen LogP) is 8.19. The number of hydrogen-bond donors (Lipinski definition) is 1. The van der Waals surface area contributed by atoms with Gasteiger partial charge in [0, 0.05) is 11.1 Å². The number of ether oxygens (including phenoxy) is 1. The minimum absolute atomic E-state index is 0.157. The minimum atomic E-state index is -1.32. The molecule has 3 nitrogen and oxygen atoms in total. The van der Waals surface area contributed by atoms with Crippen LogP contribution >= 0.6 is 7.92 Å². The quantitative estimate of drug-likeness (QED) is 0.204. The van der Waals surface area contributed by atoms with Crippen molar-refractivity contribution in [3.05, 3.63) is 119 Å². The van der Waals surface area contributed by atoms with Crippen molar-refractivity contribution in [3.8, 4) is 5.75 Å². The Hall–Kier alpha value is -2.78. The molecular formula is C38H48NO2PS. The van der Waals surface area contributed by atoms with Crippen molar-refractivity contribution >= 4 is 34.8 Å². The fourth-order valence-electron chi connectivity index (χ4n) is 5.26. The third-order valence-electron chi connectivity index (χ3n) is 7.56. The molecule has 0 heterocycles. The number of benzene rings is 4. The first-order valence-electron chi connectivity index (χ1n) is 15.0. The number of nitrogens with one attached hydrogen (secondary N) is 1. The van der Waals surface area contributed by atoms with Crippen LogP contribution in [0.5, 0.6) is 5.75 Å². The second-order valence-electron chi connectivity index (χ2n) is 14.1. The molecule has 0 spiro atoms. The lowest BCUT2D eigenvalue weighted by molar-refractivity contribution is 0.381. The van der Waals surface area contributed by atoms with E-state index in [9.17, 15) is 4.21 Å². The van der Waals surface area contributed by atoms with Gasteiger partial charge in [-0.2, -0.15) is 0 Å². The smallest absolute Gasteiger partial charge is 0.126 e. The zero-order chi connectivity index (χ0) is 31.6. The third kappa shape index (κ3) is 7.66. The summed E-state index contributed by atoms with van der Waals surface area (Å²) in [6.45, 7) is 19.5. The summed E-state index contributed by atoms with van der Waals surface area (Å²) in [4.78, 5) is 0. The van der Waals surface area contributed by atoms with Crippen molar-refractivity contribution in [1.29, 1.82) is 0 Å². The lowest BCUT2D eigenvalue weighted by atomic mass is 9.77. The normalized spacial score (nSPS) is 14.0. The Morgan fingerprint density at radius 2 is 1.12 bits per heavy atom. The summed E-state index contributed by atoms with van der Waals surface area (Å²) in [5.41, 5.74) is 4.22. The highest BCUT2D eigenvalue weighted by molar-refractivity contribution is 7.84. The Morgan fingerprint density at radius 1 is 0.674 bits per heavy atom. The Balaban J connectivity index is 2.06. The maximum Gasteiger partial charge on any atom is 0.126 e. The van der Waals surface area contributed by atoms with Gasteiger partial charge < -0.3 is 4.74 Å². The van der Waals surface area contributed by atoms with Crippen LogP contribution < -0.4 is 25.4 Å². The van der Waals surface area contributed by atoms with E-state index in [4.69, 9.17) is 4.74 Å². The Bertz CT molecular complexity index is 1470. The number of rotatable bonds is 8. The van der Waals surface area contributed by atoms with Gasteiger partial charge in [0.2, 0.25) is 0 Å². The second-order valence-corrected chi connectivity index (χ2v) is 18.3. The van der Waals surface area contributed by atoms with Gasteiger partial charge in [0.25, 0.3) is 0 Å². The molecule has 4 aromatic rings. The van der Waals surface area contributed by atoms with Crippen molar-refractivity contribution in [1.82, 2.24) is 4.72 Å². The van der Waals surface area contributed by atoms with Crippen LogP contribution in [0.3, 0.4) is 0 Å². The fourth-order valence-corrected chi connectivity index (χ4v) is 8.59. The van der Waals surface area contributed by atoms with E-state index in [1.807, 2.05) is 20.8 Å². The van der Waals surface area contributed by atoms with Gasteiger partial charge in [-0.15, -0.1) is 0 Å². The van der Waals surface area contributed by atoms with Gasteiger partial charge in [-0.25, -0.2) is 8.93 Å². The Morgan fingerprint density at radius 3 is 1.53 bits per heavy atom. The zero-order valence-corrected chi connectivity index (χ0v) is 29.2. The summed E-state index contributed by atoms with van der Waals surface area (Å²) in [7, 11) is -0.422. The molecule has 0 saturated carbocycles. The monoisotopic (exact) mass is 613 g/mol. The summed E-state index contributed by atoms with van der Waals surface area (Å²) in [5.74, 6) is 0.934. The molecular weight excluding hydrogens is 565 g/mol. The van der Waals surface area contributed by atoms with Crippen molar-refractivity contribution < 1.29 is 8.95 Å². The molecule has 0 amide bonds. The van der Waals surface area contributed by atoms with E-state index in [0.29, 0.717) is 0 Å². The maximum absolute atomic E-state index is 13.9. The van der Waals surface area contributed by atoms with E-state index in [0.717, 1.165) is 28.0 Å². The van der Waals surface area contributed by atoms with Crippen molar-refractivity contribution in [2.45, 2.75) is 83.9 Å². The molecule has 5 heteroatoms. The average molecular weight is 614 g/mol. The molecule has 4 rings (SSSR count). The van der Waals surface area contributed by atoms with E-state index in [-0.39, 0.29) is 16.9 Å². The highest BCUT2D eigenvalue weighted by Crippen LogP contribution is 2.44. The molecule has 0 radical (unpaired) electrons. The van der Waals surface area contributed by atoms with E-state index >= 15 is 0 Å². The zero-order valence-electron chi connectivity index (χ0n) is 27.5. The summed E-state index contributed by atoms with van der Waals surface area (Å²) < 4.78 is 23.2. The van der Waals surface area contributed by atoms with Gasteiger partial charge in [-0.1, -0.05) is 126 Å². The first kappa shape index (κ1) is 33.1. The molecule has 0 aliphatic carbocycles. The van der Waals surface area contributed by atoms with Crippen molar-refractivity contribution in [2.24, 2.45) is 0 Å². The molecule has 0 aliphatic rings. The average Bonchev–Trinajstić information content (AvgIpc) is 2.95. The third-order valence-corrected chi connectivity index (χ3v) is 11.6. The lowest BCUT2D eigenvalue weighted by Gasteiger charge is -2.33. The van der Waals surface area contributed by atoms with Gasteiger partial charge in [-0.05, 0) is 78.7 Å². The minimum Gasteiger partial charge on any atom is -0.496 e. The van der Waals surface area contributed by atoms with Crippen LogP contribution in [0.1, 0.15) is 90.6 Å². The Labute approximate surface area is 263 Å². The van der Waals surface area contributed by atoms with Gasteiger partial charge in [0.15, 0.2) is 0 Å². The van der Waals surface area contributed by atoms with Gasteiger partial charge >= 0.3 is 0 Å². The van der Waals surface area contributed by atoms with Crippen LogP contribution in [-0.4, -0.2) is 16.1 Å². The van der Waals surface area contributed by atoms with E-state index in [1.165, 1.54) is 15.9 Å². The van der Waals surface area contributed by atoms with Crippen molar-refractivity contribution in [3.63, 3.8) is 0 Å². The fraction of sp³-hybridized carbons (Fsp3) is 0.368. The van der Waals surface area contributed by atoms with Gasteiger partial charge in [0.05, 0.1) is 28.9 Å². The van der Waals surface area contributed by atoms with Crippen LogP contribution in [0, 0.1) is 0 Å². The second kappa shape index (κ2) is 13.1. The highest BCUT2D eigenvalue weighted by atomic mass is 32.2. The van der Waals surface area contributed by atoms with Gasteiger partial charge in [-0.3, -0.25) is 0 Å². The molecule has 0 aliphatic heterocycles. The Kier molecular flexibility index (Phi) is 10.1. The summed E-state index contributed by atoms with van der Waals surface area (Å²) in [5, 5.41) is 3.82. The first-order valence-corrected chi connectivity index (χ1v) is 17.5. The molecule has 2 atom stereocenters. The van der Waals surface area contributed by atoms with E-state index in [1.54, 1.807) is 7.11 Å². The number of hydrogen-bond acceptors (Lipinski definition) is 2. The van der Waals surface area contributed by atoms with Crippen LogP contribution in [-0.2, 0) is 21.8 Å².